The molecule has 1 atom stereocenters. The van der Waals surface area contributed by atoms with E-state index in [1.165, 1.54) is 11.1 Å². The Morgan fingerprint density at radius 2 is 1.29 bits per heavy atom. The van der Waals surface area contributed by atoms with Gasteiger partial charge in [-0.3, -0.25) is 4.79 Å². The third-order valence-corrected chi connectivity index (χ3v) is 6.44. The molecular weight excluding hydrogens is 342 g/mol. The first-order valence-electron chi connectivity index (χ1n) is 10.1. The summed E-state index contributed by atoms with van der Waals surface area (Å²) in [6, 6.07) is 31.0. The van der Waals surface area contributed by atoms with Crippen LogP contribution in [0, 0.1) is 0 Å². The second-order valence-electron chi connectivity index (χ2n) is 8.10. The normalized spacial score (nSPS) is 20.9. The van der Waals surface area contributed by atoms with Gasteiger partial charge in [-0.25, -0.2) is 0 Å². The zero-order valence-corrected chi connectivity index (χ0v) is 16.6. The maximum Gasteiger partial charge on any atom is 0.254 e. The fraction of sp³-hybridized carbons (Fsp3) is 0.269. The molecule has 3 aromatic carbocycles. The van der Waals surface area contributed by atoms with Crippen LogP contribution in [-0.4, -0.2) is 22.9 Å². The van der Waals surface area contributed by atoms with Gasteiger partial charge in [0.2, 0.25) is 0 Å². The van der Waals surface area contributed by atoms with Crippen LogP contribution in [0.25, 0.3) is 0 Å². The van der Waals surface area contributed by atoms with E-state index in [1.54, 1.807) is 0 Å². The number of likely N-dealkylation sites (tertiary alicyclic amines) is 1. The summed E-state index contributed by atoms with van der Waals surface area (Å²) in [5.74, 6) is 0.124. The summed E-state index contributed by atoms with van der Waals surface area (Å²) in [5, 5.41) is 0. The molecule has 1 aliphatic heterocycles. The molecular formula is C26H27NO. The van der Waals surface area contributed by atoms with E-state index in [1.807, 2.05) is 30.3 Å². The van der Waals surface area contributed by atoms with Crippen LogP contribution in [0.4, 0.5) is 0 Å². The van der Waals surface area contributed by atoms with Crippen LogP contribution >= 0.6 is 0 Å². The van der Waals surface area contributed by atoms with Gasteiger partial charge in [0.05, 0.1) is 0 Å². The third kappa shape index (κ3) is 3.03. The van der Waals surface area contributed by atoms with Gasteiger partial charge in [-0.2, -0.15) is 0 Å². The molecule has 0 radical (unpaired) electrons. The molecule has 1 fully saturated rings. The molecule has 0 aromatic heterocycles. The van der Waals surface area contributed by atoms with Crippen molar-refractivity contribution in [3.63, 3.8) is 0 Å². The Morgan fingerprint density at radius 1 is 0.821 bits per heavy atom. The van der Waals surface area contributed by atoms with Gasteiger partial charge >= 0.3 is 0 Å². The average Bonchev–Trinajstić information content (AvgIpc) is 3.10. The minimum Gasteiger partial charge on any atom is -0.332 e. The molecule has 142 valence electrons. The molecule has 0 aliphatic carbocycles. The molecule has 4 rings (SSSR count). The molecule has 0 spiro atoms. The number of hydrogen-bond donors (Lipinski definition) is 0. The first kappa shape index (κ1) is 18.5. The number of nitrogens with zero attached hydrogens (tertiary/aromatic N) is 1. The van der Waals surface area contributed by atoms with E-state index in [-0.39, 0.29) is 16.9 Å². The highest BCUT2D eigenvalue weighted by atomic mass is 16.2. The minimum absolute atomic E-state index is 0.124. The molecule has 2 nitrogen and oxygen atoms in total. The Morgan fingerprint density at radius 3 is 1.75 bits per heavy atom. The fourth-order valence-corrected chi connectivity index (χ4v) is 4.70. The summed E-state index contributed by atoms with van der Waals surface area (Å²) in [6.45, 7) is 5.12. The van der Waals surface area contributed by atoms with Gasteiger partial charge in [0, 0.05) is 23.1 Å². The quantitative estimate of drug-likeness (QED) is 0.579. The van der Waals surface area contributed by atoms with Crippen LogP contribution in [0.2, 0.25) is 0 Å². The topological polar surface area (TPSA) is 20.3 Å². The van der Waals surface area contributed by atoms with E-state index in [0.29, 0.717) is 6.54 Å². The van der Waals surface area contributed by atoms with Crippen molar-refractivity contribution < 1.29 is 4.79 Å². The number of carbonyl (C=O) groups excluding carboxylic acids is 1. The molecule has 1 amide bonds. The number of benzene rings is 3. The SMILES string of the molecule is CC[C@@]1(C)CC(c2ccccc2)(c2ccccc2)CN1C(=O)c1ccccc1. The van der Waals surface area contributed by atoms with Crippen LogP contribution in [-0.2, 0) is 5.41 Å². The van der Waals surface area contributed by atoms with Gasteiger partial charge in [0.1, 0.15) is 0 Å². The van der Waals surface area contributed by atoms with Crippen molar-refractivity contribution in [1.82, 2.24) is 4.90 Å². The van der Waals surface area contributed by atoms with Crippen molar-refractivity contribution in [1.29, 1.82) is 0 Å². The second-order valence-corrected chi connectivity index (χ2v) is 8.10. The smallest absolute Gasteiger partial charge is 0.254 e. The van der Waals surface area contributed by atoms with Crippen molar-refractivity contribution in [3.05, 3.63) is 108 Å². The summed E-state index contributed by atoms with van der Waals surface area (Å²) in [7, 11) is 0. The lowest BCUT2D eigenvalue weighted by Crippen LogP contribution is -2.44. The van der Waals surface area contributed by atoms with Crippen molar-refractivity contribution >= 4 is 5.91 Å². The first-order chi connectivity index (χ1) is 13.6. The lowest BCUT2D eigenvalue weighted by atomic mass is 9.70. The van der Waals surface area contributed by atoms with Crippen molar-refractivity contribution in [2.75, 3.05) is 6.54 Å². The van der Waals surface area contributed by atoms with Crippen molar-refractivity contribution in [2.24, 2.45) is 0 Å². The Bertz CT molecular complexity index is 896. The van der Waals surface area contributed by atoms with E-state index < -0.39 is 0 Å². The molecule has 0 unspecified atom stereocenters. The Hall–Kier alpha value is -2.87. The Balaban J connectivity index is 1.84. The lowest BCUT2D eigenvalue weighted by Gasteiger charge is -2.34. The van der Waals surface area contributed by atoms with Crippen LogP contribution in [0.5, 0.6) is 0 Å². The Kier molecular flexibility index (Phi) is 4.80. The second kappa shape index (κ2) is 7.27. The Labute approximate surface area is 167 Å². The molecule has 0 N–H and O–H groups in total. The van der Waals surface area contributed by atoms with Crippen molar-refractivity contribution in [2.45, 2.75) is 37.6 Å². The molecule has 2 heteroatoms. The highest BCUT2D eigenvalue weighted by Crippen LogP contribution is 2.49. The van der Waals surface area contributed by atoms with Crippen LogP contribution in [0.15, 0.2) is 91.0 Å². The van der Waals surface area contributed by atoms with E-state index >= 15 is 0 Å². The van der Waals surface area contributed by atoms with Gasteiger partial charge < -0.3 is 4.90 Å². The minimum atomic E-state index is -0.197. The molecule has 0 bridgehead atoms. The predicted octanol–water partition coefficient (Wildman–Crippen LogP) is 5.69. The summed E-state index contributed by atoms with van der Waals surface area (Å²) >= 11 is 0. The van der Waals surface area contributed by atoms with Crippen LogP contribution < -0.4 is 0 Å². The summed E-state index contributed by atoms with van der Waals surface area (Å²) < 4.78 is 0. The largest absolute Gasteiger partial charge is 0.332 e. The molecule has 28 heavy (non-hydrogen) atoms. The van der Waals surface area contributed by atoms with Gasteiger partial charge in [-0.05, 0) is 43.0 Å². The standard InChI is InChI=1S/C26H27NO/c1-3-25(2)19-26(22-15-9-5-10-16-22,23-17-11-6-12-18-23)20-27(25)24(28)21-13-7-4-8-14-21/h4-18H,3,19-20H2,1-2H3/t25-/m0/s1. The van der Waals surface area contributed by atoms with E-state index in [2.05, 4.69) is 79.4 Å². The highest BCUT2D eigenvalue weighted by Gasteiger charge is 2.53. The van der Waals surface area contributed by atoms with Gasteiger partial charge in [0.15, 0.2) is 0 Å². The van der Waals surface area contributed by atoms with Crippen molar-refractivity contribution in [3.8, 4) is 0 Å². The number of hydrogen-bond acceptors (Lipinski definition) is 1. The zero-order valence-electron chi connectivity index (χ0n) is 16.6. The number of amides is 1. The average molecular weight is 370 g/mol. The van der Waals surface area contributed by atoms with E-state index in [0.717, 1.165) is 18.4 Å². The predicted molar refractivity (Wildman–Crippen MR) is 114 cm³/mol. The summed E-state index contributed by atoms with van der Waals surface area (Å²) in [5.41, 5.74) is 2.93. The first-order valence-corrected chi connectivity index (χ1v) is 10.1. The van der Waals surface area contributed by atoms with Gasteiger partial charge in [0.25, 0.3) is 5.91 Å². The van der Waals surface area contributed by atoms with E-state index in [9.17, 15) is 4.79 Å². The summed E-state index contributed by atoms with van der Waals surface area (Å²) in [4.78, 5) is 15.6. The maximum atomic E-state index is 13.5. The fourth-order valence-electron chi connectivity index (χ4n) is 4.70. The van der Waals surface area contributed by atoms with Crippen LogP contribution in [0.1, 0.15) is 48.2 Å². The number of carbonyl (C=O) groups is 1. The number of rotatable bonds is 4. The highest BCUT2D eigenvalue weighted by molar-refractivity contribution is 5.95. The van der Waals surface area contributed by atoms with Gasteiger partial charge in [-0.1, -0.05) is 85.8 Å². The summed E-state index contributed by atoms with van der Waals surface area (Å²) in [6.07, 6.45) is 1.84. The molecule has 1 saturated heterocycles. The third-order valence-electron chi connectivity index (χ3n) is 6.44. The van der Waals surface area contributed by atoms with Gasteiger partial charge in [-0.15, -0.1) is 0 Å². The molecule has 3 aromatic rings. The van der Waals surface area contributed by atoms with Crippen LogP contribution in [0.3, 0.4) is 0 Å². The molecule has 1 heterocycles. The monoisotopic (exact) mass is 369 g/mol. The van der Waals surface area contributed by atoms with E-state index in [4.69, 9.17) is 0 Å². The maximum absolute atomic E-state index is 13.5. The zero-order chi connectivity index (χ0) is 19.6. The molecule has 0 saturated carbocycles. The molecule has 1 aliphatic rings. The lowest BCUT2D eigenvalue weighted by molar-refractivity contribution is 0.0615.